The highest BCUT2D eigenvalue weighted by Gasteiger charge is 2.42. The van der Waals surface area contributed by atoms with Crippen LogP contribution < -0.4 is 5.43 Å². The molecular weight excluding hydrogens is 338 g/mol. The van der Waals surface area contributed by atoms with Gasteiger partial charge in [-0.3, -0.25) is 9.59 Å². The van der Waals surface area contributed by atoms with Gasteiger partial charge in [0.2, 0.25) is 5.76 Å². The molecule has 4 rings (SSSR count). The number of nitrogens with zero attached hydrogens (tertiary/aromatic N) is 1. The lowest BCUT2D eigenvalue weighted by Crippen LogP contribution is -2.30. The predicted molar refractivity (Wildman–Crippen MR) is 97.1 cm³/mol. The van der Waals surface area contributed by atoms with Crippen LogP contribution in [0, 0.1) is 0 Å². The maximum absolute atomic E-state index is 13.1. The number of carbonyl (C=O) groups excluding carboxylic acids is 1. The zero-order valence-corrected chi connectivity index (χ0v) is 14.4. The van der Waals surface area contributed by atoms with Gasteiger partial charge in [0.15, 0.2) is 5.43 Å². The fourth-order valence-corrected chi connectivity index (χ4v) is 3.56. The number of benzene rings is 2. The first-order valence-corrected chi connectivity index (χ1v) is 8.61. The summed E-state index contributed by atoms with van der Waals surface area (Å²) in [5, 5.41) is 1.10. The molecule has 25 heavy (non-hydrogen) atoms. The Labute approximate surface area is 149 Å². The fraction of sp³-hybridized carbons (Fsp3) is 0.200. The van der Waals surface area contributed by atoms with Gasteiger partial charge in [0.25, 0.3) is 5.91 Å². The maximum Gasteiger partial charge on any atom is 0.290 e. The summed E-state index contributed by atoms with van der Waals surface area (Å²) in [6.45, 7) is 2.55. The fourth-order valence-electron chi connectivity index (χ4n) is 3.43. The Morgan fingerprint density at radius 1 is 1.08 bits per heavy atom. The zero-order valence-electron chi connectivity index (χ0n) is 13.7. The second-order valence-electron chi connectivity index (χ2n) is 6.12. The van der Waals surface area contributed by atoms with Crippen molar-refractivity contribution in [3.63, 3.8) is 0 Å². The summed E-state index contributed by atoms with van der Waals surface area (Å²) in [6.07, 6.45) is 0.789. The van der Waals surface area contributed by atoms with Crippen LogP contribution in [0.15, 0.2) is 57.7 Å². The Morgan fingerprint density at radius 2 is 1.80 bits per heavy atom. The predicted octanol–water partition coefficient (Wildman–Crippen LogP) is 4.40. The summed E-state index contributed by atoms with van der Waals surface area (Å²) in [5.74, 6) is -0.0863. The number of hydrogen-bond donors (Lipinski definition) is 0. The molecule has 0 aliphatic carbocycles. The average molecular weight is 354 g/mol. The normalized spacial score (nSPS) is 16.5. The SMILES string of the molecule is CCCN1C(=O)c2oc3ccccc3c(=O)c2[C@H]1c1ccc(Cl)cc1. The van der Waals surface area contributed by atoms with Crippen LogP contribution >= 0.6 is 11.6 Å². The Hall–Kier alpha value is -2.59. The minimum Gasteiger partial charge on any atom is -0.450 e. The first-order chi connectivity index (χ1) is 12.1. The van der Waals surface area contributed by atoms with Gasteiger partial charge < -0.3 is 9.32 Å². The molecule has 1 amide bonds. The molecule has 1 aliphatic heterocycles. The Balaban J connectivity index is 2.00. The van der Waals surface area contributed by atoms with Crippen molar-refractivity contribution in [3.8, 4) is 0 Å². The second kappa shape index (κ2) is 6.05. The number of fused-ring (bicyclic) bond motifs is 2. The van der Waals surface area contributed by atoms with Crippen LogP contribution in [0.3, 0.4) is 0 Å². The van der Waals surface area contributed by atoms with Crippen molar-refractivity contribution in [1.29, 1.82) is 0 Å². The quantitative estimate of drug-likeness (QED) is 0.701. The highest BCUT2D eigenvalue weighted by molar-refractivity contribution is 6.30. The van der Waals surface area contributed by atoms with Crippen LogP contribution in [0.25, 0.3) is 11.0 Å². The van der Waals surface area contributed by atoms with Crippen LogP contribution in [0.1, 0.15) is 41.1 Å². The van der Waals surface area contributed by atoms with Crippen molar-refractivity contribution in [2.24, 2.45) is 0 Å². The molecule has 0 saturated heterocycles. The van der Waals surface area contributed by atoms with E-state index >= 15 is 0 Å². The van der Waals surface area contributed by atoms with Gasteiger partial charge in [0, 0.05) is 11.6 Å². The van der Waals surface area contributed by atoms with E-state index in [1.54, 1.807) is 41.3 Å². The number of rotatable bonds is 3. The number of amides is 1. The van der Waals surface area contributed by atoms with Crippen LogP contribution in [-0.4, -0.2) is 17.4 Å². The standard InChI is InChI=1S/C20H16ClNO3/c1-2-11-22-17(12-7-9-13(21)10-8-12)16-18(23)14-5-3-4-6-15(14)25-19(16)20(22)24/h3-10,17H,2,11H2,1H3/t17-/m1/s1. The van der Waals surface area contributed by atoms with E-state index < -0.39 is 6.04 Å². The summed E-state index contributed by atoms with van der Waals surface area (Å²) in [7, 11) is 0. The Morgan fingerprint density at radius 3 is 2.52 bits per heavy atom. The molecule has 0 saturated carbocycles. The van der Waals surface area contributed by atoms with Crippen molar-refractivity contribution in [2.75, 3.05) is 6.54 Å². The Bertz CT molecular complexity index is 1020. The molecule has 0 radical (unpaired) electrons. The van der Waals surface area contributed by atoms with Gasteiger partial charge in [-0.05, 0) is 36.2 Å². The maximum atomic E-state index is 13.1. The molecule has 4 nitrogen and oxygen atoms in total. The molecule has 1 aliphatic rings. The molecule has 0 N–H and O–H groups in total. The monoisotopic (exact) mass is 353 g/mol. The van der Waals surface area contributed by atoms with Crippen molar-refractivity contribution in [1.82, 2.24) is 4.90 Å². The molecular formula is C20H16ClNO3. The molecule has 1 aromatic heterocycles. The van der Waals surface area contributed by atoms with Crippen molar-refractivity contribution < 1.29 is 9.21 Å². The van der Waals surface area contributed by atoms with Gasteiger partial charge in [-0.2, -0.15) is 0 Å². The van der Waals surface area contributed by atoms with E-state index in [2.05, 4.69) is 0 Å². The van der Waals surface area contributed by atoms with E-state index in [9.17, 15) is 9.59 Å². The van der Waals surface area contributed by atoms with E-state index in [-0.39, 0.29) is 17.1 Å². The van der Waals surface area contributed by atoms with Gasteiger partial charge in [0.1, 0.15) is 5.58 Å². The summed E-state index contributed by atoms with van der Waals surface area (Å²) in [6, 6.07) is 13.8. The molecule has 0 bridgehead atoms. The molecule has 2 heterocycles. The first-order valence-electron chi connectivity index (χ1n) is 8.24. The minimum absolute atomic E-state index is 0.149. The molecule has 126 valence electrons. The van der Waals surface area contributed by atoms with Gasteiger partial charge >= 0.3 is 0 Å². The number of hydrogen-bond acceptors (Lipinski definition) is 3. The van der Waals surface area contributed by atoms with Gasteiger partial charge in [0.05, 0.1) is 17.0 Å². The number of para-hydroxylation sites is 1. The van der Waals surface area contributed by atoms with Crippen LogP contribution in [0.2, 0.25) is 5.02 Å². The zero-order chi connectivity index (χ0) is 17.6. The van der Waals surface area contributed by atoms with Crippen LogP contribution in [-0.2, 0) is 0 Å². The lowest BCUT2D eigenvalue weighted by atomic mass is 9.98. The second-order valence-corrected chi connectivity index (χ2v) is 6.56. The van der Waals surface area contributed by atoms with Crippen molar-refractivity contribution >= 4 is 28.5 Å². The van der Waals surface area contributed by atoms with E-state index in [1.165, 1.54) is 0 Å². The van der Waals surface area contributed by atoms with Gasteiger partial charge in [-0.15, -0.1) is 0 Å². The van der Waals surface area contributed by atoms with Gasteiger partial charge in [-0.1, -0.05) is 42.8 Å². The van der Waals surface area contributed by atoms with E-state index in [1.807, 2.05) is 19.1 Å². The van der Waals surface area contributed by atoms with E-state index in [0.29, 0.717) is 28.1 Å². The van der Waals surface area contributed by atoms with E-state index in [4.69, 9.17) is 16.0 Å². The van der Waals surface area contributed by atoms with Crippen molar-refractivity contribution in [3.05, 3.63) is 80.7 Å². The highest BCUT2D eigenvalue weighted by atomic mass is 35.5. The average Bonchev–Trinajstić information content (AvgIpc) is 2.89. The summed E-state index contributed by atoms with van der Waals surface area (Å²) in [5.41, 5.74) is 1.56. The molecule has 3 aromatic rings. The van der Waals surface area contributed by atoms with Gasteiger partial charge in [-0.25, -0.2) is 0 Å². The summed E-state index contributed by atoms with van der Waals surface area (Å²) >= 11 is 5.99. The Kier molecular flexibility index (Phi) is 3.85. The van der Waals surface area contributed by atoms with Crippen LogP contribution in [0.5, 0.6) is 0 Å². The number of carbonyl (C=O) groups is 1. The molecule has 1 atom stereocenters. The van der Waals surface area contributed by atoms with Crippen molar-refractivity contribution in [2.45, 2.75) is 19.4 Å². The smallest absolute Gasteiger partial charge is 0.290 e. The third-order valence-corrected chi connectivity index (χ3v) is 4.78. The lowest BCUT2D eigenvalue weighted by molar-refractivity contribution is 0.0728. The summed E-state index contributed by atoms with van der Waals surface area (Å²) in [4.78, 5) is 27.7. The van der Waals surface area contributed by atoms with Crippen LogP contribution in [0.4, 0.5) is 0 Å². The molecule has 0 unspecified atom stereocenters. The minimum atomic E-state index is -0.444. The third-order valence-electron chi connectivity index (χ3n) is 4.52. The largest absolute Gasteiger partial charge is 0.450 e. The molecule has 0 spiro atoms. The third kappa shape index (κ3) is 2.45. The highest BCUT2D eigenvalue weighted by Crippen LogP contribution is 2.38. The summed E-state index contributed by atoms with van der Waals surface area (Å²) < 4.78 is 5.83. The topological polar surface area (TPSA) is 50.5 Å². The molecule has 0 fully saturated rings. The first kappa shape index (κ1) is 15.9. The number of halogens is 1. The molecule has 5 heteroatoms. The lowest BCUT2D eigenvalue weighted by Gasteiger charge is -2.24. The molecule has 2 aromatic carbocycles. The van der Waals surface area contributed by atoms with E-state index in [0.717, 1.165) is 12.0 Å².